The van der Waals surface area contributed by atoms with Crippen LogP contribution in [0.5, 0.6) is 11.5 Å². The fourth-order valence-electron chi connectivity index (χ4n) is 5.71. The number of hydrogen-bond acceptors (Lipinski definition) is 9. The van der Waals surface area contributed by atoms with E-state index in [1.165, 1.54) is 23.9 Å². The minimum absolute atomic E-state index is 0.0181. The van der Waals surface area contributed by atoms with Crippen molar-refractivity contribution in [3.05, 3.63) is 129 Å². The molecule has 234 valence electrons. The monoisotopic (exact) mass is 613 g/mol. The highest BCUT2D eigenvalue weighted by Crippen LogP contribution is 2.43. The molecule has 1 N–H and O–H groups in total. The minimum Gasteiger partial charge on any atom is -0.497 e. The molecule has 2 heterocycles. The van der Waals surface area contributed by atoms with Gasteiger partial charge in [0.1, 0.15) is 35.4 Å². The molecule has 0 bridgehead atoms. The van der Waals surface area contributed by atoms with Crippen molar-refractivity contribution in [2.45, 2.75) is 43.1 Å². The van der Waals surface area contributed by atoms with Crippen LogP contribution in [0.3, 0.4) is 0 Å². The topological polar surface area (TPSA) is 134 Å². The lowest BCUT2D eigenvalue weighted by Gasteiger charge is -2.37. The van der Waals surface area contributed by atoms with E-state index in [-0.39, 0.29) is 19.6 Å². The Balaban J connectivity index is 1.55. The van der Waals surface area contributed by atoms with E-state index >= 15 is 0 Å². The van der Waals surface area contributed by atoms with Crippen LogP contribution in [0.4, 0.5) is 0 Å². The number of nitrogens with zero attached hydrogens (tertiary/aromatic N) is 3. The van der Waals surface area contributed by atoms with Gasteiger partial charge in [0, 0.05) is 25.9 Å². The number of aromatic nitrogens is 2. The van der Waals surface area contributed by atoms with Crippen LogP contribution < -0.4 is 20.7 Å². The summed E-state index contributed by atoms with van der Waals surface area (Å²) in [4.78, 5) is 25.7. The van der Waals surface area contributed by atoms with Gasteiger partial charge in [-0.1, -0.05) is 54.6 Å². The van der Waals surface area contributed by atoms with Gasteiger partial charge in [0.15, 0.2) is 6.23 Å². The van der Waals surface area contributed by atoms with Gasteiger partial charge in [0.2, 0.25) is 0 Å². The van der Waals surface area contributed by atoms with Crippen LogP contribution in [0, 0.1) is 11.3 Å². The van der Waals surface area contributed by atoms with E-state index in [1.807, 2.05) is 84.9 Å². The van der Waals surface area contributed by atoms with Gasteiger partial charge in [-0.3, -0.25) is 13.9 Å². The molecule has 1 saturated heterocycles. The van der Waals surface area contributed by atoms with Gasteiger partial charge in [-0.25, -0.2) is 4.79 Å². The summed E-state index contributed by atoms with van der Waals surface area (Å²) in [7, 11) is 4.61. The molecule has 4 atom stereocenters. The summed E-state index contributed by atoms with van der Waals surface area (Å²) in [5.74, 6) is 1.36. The Morgan fingerprint density at radius 3 is 1.98 bits per heavy atom. The van der Waals surface area contributed by atoms with Gasteiger partial charge < -0.3 is 28.8 Å². The molecule has 5 rings (SSSR count). The van der Waals surface area contributed by atoms with E-state index in [2.05, 4.69) is 0 Å². The first-order chi connectivity index (χ1) is 21.9. The molecule has 0 spiro atoms. The van der Waals surface area contributed by atoms with Crippen LogP contribution in [-0.4, -0.2) is 60.5 Å². The molecule has 0 saturated carbocycles. The average Bonchev–Trinajstić information content (AvgIpc) is 3.40. The van der Waals surface area contributed by atoms with Crippen LogP contribution >= 0.6 is 0 Å². The third-order valence-corrected chi connectivity index (χ3v) is 8.04. The molecule has 3 aromatic carbocycles. The Morgan fingerprint density at radius 2 is 1.44 bits per heavy atom. The second-order valence-corrected chi connectivity index (χ2v) is 10.5. The number of ether oxygens (including phenoxy) is 5. The summed E-state index contributed by atoms with van der Waals surface area (Å²) < 4.78 is 31.8. The fourth-order valence-corrected chi connectivity index (χ4v) is 5.71. The predicted octanol–water partition coefficient (Wildman–Crippen LogP) is 3.22. The zero-order chi connectivity index (χ0) is 32.0. The van der Waals surface area contributed by atoms with E-state index < -0.39 is 41.4 Å². The van der Waals surface area contributed by atoms with E-state index in [4.69, 9.17) is 28.9 Å². The normalized spacial score (nSPS) is 19.6. The number of aliphatic hydroxyl groups excluding tert-OH is 1. The fraction of sp³-hybridized carbons (Fsp3) is 0.324. The highest BCUT2D eigenvalue weighted by molar-refractivity contribution is 5.49. The third-order valence-electron chi connectivity index (χ3n) is 8.04. The summed E-state index contributed by atoms with van der Waals surface area (Å²) in [5, 5.41) is 20.4. The van der Waals surface area contributed by atoms with Crippen LogP contribution in [0.15, 0.2) is 101 Å². The Labute approximate surface area is 260 Å². The van der Waals surface area contributed by atoms with E-state index in [9.17, 15) is 14.7 Å². The largest absolute Gasteiger partial charge is 0.497 e. The van der Waals surface area contributed by atoms with Gasteiger partial charge in [-0.15, -0.1) is 0 Å². The molecule has 4 aromatic rings. The van der Waals surface area contributed by atoms with Crippen molar-refractivity contribution in [1.82, 2.24) is 9.13 Å². The molecule has 1 aliphatic heterocycles. The van der Waals surface area contributed by atoms with Crippen molar-refractivity contribution >= 4 is 0 Å². The Bertz CT molecular complexity index is 1680. The second kappa shape index (κ2) is 13.9. The van der Waals surface area contributed by atoms with E-state index in [1.54, 1.807) is 14.2 Å². The Hall–Kier alpha value is -4.73. The lowest BCUT2D eigenvalue weighted by molar-refractivity contribution is -0.0969. The van der Waals surface area contributed by atoms with Gasteiger partial charge in [-0.2, -0.15) is 5.26 Å². The SMILES string of the molecule is COc1ccc(C(OC[C@H]2O[C@@H](n3ccc(=O)n(CCC#N)c3=O)[C@H](OC)[C@@H]2O)(c2ccccc2)c2ccc(OC)cc2)cc1. The molecule has 1 aliphatic rings. The quantitative estimate of drug-likeness (QED) is 0.239. The van der Waals surface area contributed by atoms with Crippen LogP contribution in [0.25, 0.3) is 0 Å². The molecule has 11 nitrogen and oxygen atoms in total. The zero-order valence-electron chi connectivity index (χ0n) is 25.2. The standard InChI is InChI=1S/C34H35N3O8/c1-41-26-14-10-24(11-15-26)34(23-8-5-4-6-9-23,25-12-16-27(42-2)17-13-25)44-22-28-30(39)31(43-3)32(45-28)37-21-18-29(38)36(33(37)40)20-7-19-35/h4-6,8-18,21,28,30-32,39H,7,20,22H2,1-3H3/t28-,30-,31-,32-/m1/s1. The molecule has 1 aromatic heterocycles. The molecule has 0 amide bonds. The number of rotatable bonds is 12. The van der Waals surface area contributed by atoms with Crippen molar-refractivity contribution in [2.75, 3.05) is 27.9 Å². The second-order valence-electron chi connectivity index (χ2n) is 10.5. The highest BCUT2D eigenvalue weighted by atomic mass is 16.6. The summed E-state index contributed by atoms with van der Waals surface area (Å²) >= 11 is 0. The van der Waals surface area contributed by atoms with Gasteiger partial charge in [0.05, 0.1) is 33.3 Å². The van der Waals surface area contributed by atoms with Crippen molar-refractivity contribution in [3.63, 3.8) is 0 Å². The highest BCUT2D eigenvalue weighted by Gasteiger charge is 2.47. The molecule has 0 aliphatic carbocycles. The maximum absolute atomic E-state index is 13.3. The molecule has 45 heavy (non-hydrogen) atoms. The smallest absolute Gasteiger partial charge is 0.333 e. The zero-order valence-corrected chi connectivity index (χ0v) is 25.2. The van der Waals surface area contributed by atoms with Crippen LogP contribution in [0.1, 0.15) is 29.3 Å². The van der Waals surface area contributed by atoms with Crippen molar-refractivity contribution < 1.29 is 28.8 Å². The third kappa shape index (κ3) is 6.14. The van der Waals surface area contributed by atoms with Gasteiger partial charge >= 0.3 is 5.69 Å². The number of nitriles is 1. The number of benzene rings is 3. The first-order valence-electron chi connectivity index (χ1n) is 14.4. The maximum atomic E-state index is 13.3. The predicted molar refractivity (Wildman–Crippen MR) is 164 cm³/mol. The molecular weight excluding hydrogens is 578 g/mol. The van der Waals surface area contributed by atoms with E-state index in [0.29, 0.717) is 11.5 Å². The summed E-state index contributed by atoms with van der Waals surface area (Å²) in [6.07, 6.45) is -2.84. The summed E-state index contributed by atoms with van der Waals surface area (Å²) in [6, 6.07) is 28.0. The lowest BCUT2D eigenvalue weighted by Crippen LogP contribution is -2.43. The van der Waals surface area contributed by atoms with Gasteiger partial charge in [0.25, 0.3) is 5.56 Å². The molecule has 11 heteroatoms. The molecule has 1 fully saturated rings. The molecule has 0 unspecified atom stereocenters. The number of hydrogen-bond donors (Lipinski definition) is 1. The van der Waals surface area contributed by atoms with Crippen molar-refractivity contribution in [2.24, 2.45) is 0 Å². The van der Waals surface area contributed by atoms with Crippen LogP contribution in [-0.2, 0) is 26.4 Å². The summed E-state index contributed by atoms with van der Waals surface area (Å²) in [6.45, 7) is -0.176. The van der Waals surface area contributed by atoms with Gasteiger partial charge in [-0.05, 0) is 41.0 Å². The lowest BCUT2D eigenvalue weighted by atomic mass is 9.80. The molecule has 0 radical (unpaired) electrons. The Morgan fingerprint density at radius 1 is 0.867 bits per heavy atom. The number of aliphatic hydroxyl groups is 1. The number of methoxy groups -OCH3 is 3. The Kier molecular flexibility index (Phi) is 9.80. The molecular formula is C34H35N3O8. The first kappa shape index (κ1) is 31.7. The van der Waals surface area contributed by atoms with Crippen molar-refractivity contribution in [1.29, 1.82) is 5.26 Å². The van der Waals surface area contributed by atoms with E-state index in [0.717, 1.165) is 21.3 Å². The maximum Gasteiger partial charge on any atom is 0.333 e. The minimum atomic E-state index is -1.19. The van der Waals surface area contributed by atoms with Crippen molar-refractivity contribution in [3.8, 4) is 17.6 Å². The average molecular weight is 614 g/mol. The first-order valence-corrected chi connectivity index (χ1v) is 14.4. The summed E-state index contributed by atoms with van der Waals surface area (Å²) in [5.41, 5.74) is 0.0541. The van der Waals surface area contributed by atoms with Crippen LogP contribution in [0.2, 0.25) is 0 Å².